The van der Waals surface area contributed by atoms with E-state index in [1.165, 1.54) is 17.7 Å². The summed E-state index contributed by atoms with van der Waals surface area (Å²) in [6.07, 6.45) is 4.66. The number of carbonyl (C=O) groups is 1. The number of esters is 1. The second-order valence-electron chi connectivity index (χ2n) is 4.79. The summed E-state index contributed by atoms with van der Waals surface area (Å²) in [6, 6.07) is 6.73. The van der Waals surface area contributed by atoms with Crippen molar-refractivity contribution in [3.8, 4) is 0 Å². The van der Waals surface area contributed by atoms with Gasteiger partial charge >= 0.3 is 12.1 Å². The third-order valence-electron chi connectivity index (χ3n) is 3.32. The molecule has 0 aliphatic rings. The molecule has 1 aromatic rings. The molecule has 0 spiro atoms. The molecule has 0 aromatic heterocycles. The van der Waals surface area contributed by atoms with Crippen LogP contribution in [0.3, 0.4) is 0 Å². The molecule has 0 saturated heterocycles. The van der Waals surface area contributed by atoms with Crippen molar-refractivity contribution in [1.29, 1.82) is 0 Å². The fourth-order valence-electron chi connectivity index (χ4n) is 2.23. The first-order valence-corrected chi connectivity index (χ1v) is 7.49. The van der Waals surface area contributed by atoms with Crippen LogP contribution in [0.1, 0.15) is 57.4 Å². The Kier molecular flexibility index (Phi) is 11.6. The smallest absolute Gasteiger partial charge is 0.373 e. The fourth-order valence-corrected chi connectivity index (χ4v) is 2.23. The minimum Gasteiger partial charge on any atom is -0.466 e. The number of hydrogen-bond donors (Lipinski definition) is 0. The average molecular weight is 310 g/mol. The molecule has 1 unspecified atom stereocenters. The molecule has 0 aliphatic carbocycles. The monoisotopic (exact) mass is 310 g/mol. The maximum atomic E-state index is 12.9. The van der Waals surface area contributed by atoms with Crippen molar-refractivity contribution < 1.29 is 23.5 Å². The summed E-state index contributed by atoms with van der Waals surface area (Å²) >= 11 is 0. The summed E-state index contributed by atoms with van der Waals surface area (Å²) < 4.78 is 17.8. The van der Waals surface area contributed by atoms with Crippen molar-refractivity contribution in [2.45, 2.75) is 51.9 Å². The van der Waals surface area contributed by atoms with Gasteiger partial charge in [0.25, 0.3) is 0 Å². The van der Waals surface area contributed by atoms with Crippen LogP contribution in [0.4, 0.5) is 4.39 Å². The lowest BCUT2D eigenvalue weighted by atomic mass is 9.91. The Hall–Kier alpha value is -2.00. The van der Waals surface area contributed by atoms with Crippen LogP contribution in [0, 0.1) is 5.82 Å². The zero-order chi connectivity index (χ0) is 16.8. The van der Waals surface area contributed by atoms with E-state index in [-0.39, 0.29) is 17.9 Å². The van der Waals surface area contributed by atoms with E-state index in [0.717, 1.165) is 25.7 Å². The van der Waals surface area contributed by atoms with Gasteiger partial charge in [-0.15, -0.1) is 0 Å². The Bertz CT molecular complexity index is 450. The van der Waals surface area contributed by atoms with Gasteiger partial charge in [-0.1, -0.05) is 25.5 Å². The molecule has 122 valence electrons. The molecule has 0 N–H and O–H groups in total. The maximum absolute atomic E-state index is 12.9. The SMILES string of the molecule is CCOC(=O)CCCCC(CC)c1ccc(F)cc1.O=C=O. The molecule has 1 rings (SSSR count). The highest BCUT2D eigenvalue weighted by molar-refractivity contribution is 5.69. The van der Waals surface area contributed by atoms with Crippen molar-refractivity contribution in [2.24, 2.45) is 0 Å². The van der Waals surface area contributed by atoms with Gasteiger partial charge in [0.05, 0.1) is 6.61 Å². The molecular formula is C17H23FO4. The van der Waals surface area contributed by atoms with E-state index in [1.807, 2.05) is 19.1 Å². The number of carbonyl (C=O) groups excluding carboxylic acids is 3. The first-order valence-electron chi connectivity index (χ1n) is 7.49. The van der Waals surface area contributed by atoms with Crippen LogP contribution in [0.5, 0.6) is 0 Å². The van der Waals surface area contributed by atoms with Gasteiger partial charge in [0.1, 0.15) is 5.82 Å². The predicted molar refractivity (Wildman–Crippen MR) is 79.5 cm³/mol. The van der Waals surface area contributed by atoms with Crippen molar-refractivity contribution >= 4 is 12.1 Å². The molecule has 5 heteroatoms. The van der Waals surface area contributed by atoms with Crippen LogP contribution < -0.4 is 0 Å². The van der Waals surface area contributed by atoms with E-state index in [0.29, 0.717) is 18.9 Å². The van der Waals surface area contributed by atoms with Crippen molar-refractivity contribution in [3.63, 3.8) is 0 Å². The molecule has 1 atom stereocenters. The number of halogens is 1. The molecule has 0 radical (unpaired) electrons. The maximum Gasteiger partial charge on any atom is 0.373 e. The average Bonchev–Trinajstić information content (AvgIpc) is 2.50. The third kappa shape index (κ3) is 9.03. The van der Waals surface area contributed by atoms with E-state index >= 15 is 0 Å². The van der Waals surface area contributed by atoms with Gasteiger partial charge in [0.15, 0.2) is 0 Å². The summed E-state index contributed by atoms with van der Waals surface area (Å²) in [5, 5.41) is 0. The Labute approximate surface area is 130 Å². The summed E-state index contributed by atoms with van der Waals surface area (Å²) in [7, 11) is 0. The second-order valence-corrected chi connectivity index (χ2v) is 4.79. The number of rotatable bonds is 8. The van der Waals surface area contributed by atoms with Crippen LogP contribution in [0.2, 0.25) is 0 Å². The lowest BCUT2D eigenvalue weighted by Crippen LogP contribution is -2.04. The van der Waals surface area contributed by atoms with E-state index in [1.54, 1.807) is 0 Å². The van der Waals surface area contributed by atoms with Crippen LogP contribution in [0.25, 0.3) is 0 Å². The third-order valence-corrected chi connectivity index (χ3v) is 3.32. The highest BCUT2D eigenvalue weighted by Crippen LogP contribution is 2.25. The molecule has 0 aliphatic heterocycles. The van der Waals surface area contributed by atoms with E-state index in [2.05, 4.69) is 6.92 Å². The Balaban J connectivity index is 0.00000135. The lowest BCUT2D eigenvalue weighted by molar-refractivity contribution is -0.191. The van der Waals surface area contributed by atoms with Gasteiger partial charge < -0.3 is 4.74 Å². The zero-order valence-corrected chi connectivity index (χ0v) is 13.1. The molecule has 0 saturated carbocycles. The predicted octanol–water partition coefficient (Wildman–Crippen LogP) is 3.86. The molecule has 0 fully saturated rings. The molecular weight excluding hydrogens is 287 g/mol. The number of benzene rings is 1. The fraction of sp³-hybridized carbons (Fsp3) is 0.529. The molecule has 0 bridgehead atoms. The quantitative estimate of drug-likeness (QED) is 0.540. The van der Waals surface area contributed by atoms with Crippen LogP contribution in [-0.2, 0) is 19.1 Å². The minimum absolute atomic E-state index is 0.114. The van der Waals surface area contributed by atoms with E-state index < -0.39 is 0 Å². The Morgan fingerprint density at radius 3 is 2.27 bits per heavy atom. The van der Waals surface area contributed by atoms with Gasteiger partial charge in [-0.25, -0.2) is 4.39 Å². The van der Waals surface area contributed by atoms with Crippen molar-refractivity contribution in [2.75, 3.05) is 6.61 Å². The van der Waals surface area contributed by atoms with E-state index in [9.17, 15) is 9.18 Å². The first-order chi connectivity index (χ1) is 10.6. The molecule has 4 nitrogen and oxygen atoms in total. The second kappa shape index (κ2) is 12.7. The molecule has 0 heterocycles. The minimum atomic E-state index is -0.194. The molecule has 0 amide bonds. The van der Waals surface area contributed by atoms with Gasteiger partial charge in [0.2, 0.25) is 0 Å². The van der Waals surface area contributed by atoms with Gasteiger partial charge in [-0.3, -0.25) is 4.79 Å². The number of ether oxygens (including phenoxy) is 1. The van der Waals surface area contributed by atoms with Crippen molar-refractivity contribution in [3.05, 3.63) is 35.6 Å². The van der Waals surface area contributed by atoms with Crippen molar-refractivity contribution in [1.82, 2.24) is 0 Å². The number of unbranched alkanes of at least 4 members (excludes halogenated alkanes) is 1. The number of hydrogen-bond acceptors (Lipinski definition) is 4. The summed E-state index contributed by atoms with van der Waals surface area (Å²) in [5.74, 6) is 0.140. The largest absolute Gasteiger partial charge is 0.466 e. The van der Waals surface area contributed by atoms with Gasteiger partial charge in [-0.2, -0.15) is 9.59 Å². The Morgan fingerprint density at radius 2 is 1.77 bits per heavy atom. The Morgan fingerprint density at radius 1 is 1.18 bits per heavy atom. The standard InChI is InChI=1S/C16H23FO2.CO2/c1-3-13(14-9-11-15(17)12-10-14)7-5-6-8-16(18)19-4-2;2-1-3/h9-13H,3-8H2,1-2H3;. The first kappa shape index (κ1) is 20.0. The van der Waals surface area contributed by atoms with Crippen LogP contribution >= 0.6 is 0 Å². The van der Waals surface area contributed by atoms with Gasteiger partial charge in [-0.05, 0) is 49.8 Å². The molecule has 22 heavy (non-hydrogen) atoms. The van der Waals surface area contributed by atoms with Crippen LogP contribution in [0.15, 0.2) is 24.3 Å². The topological polar surface area (TPSA) is 60.4 Å². The summed E-state index contributed by atoms with van der Waals surface area (Å²) in [6.45, 7) is 4.41. The normalized spacial score (nSPS) is 10.9. The van der Waals surface area contributed by atoms with E-state index in [4.69, 9.17) is 14.3 Å². The summed E-state index contributed by atoms with van der Waals surface area (Å²) in [5.41, 5.74) is 1.18. The summed E-state index contributed by atoms with van der Waals surface area (Å²) in [4.78, 5) is 27.5. The highest BCUT2D eigenvalue weighted by atomic mass is 19.1. The van der Waals surface area contributed by atoms with Gasteiger partial charge in [0, 0.05) is 6.42 Å². The molecule has 1 aromatic carbocycles. The van der Waals surface area contributed by atoms with Crippen LogP contribution in [-0.4, -0.2) is 18.7 Å². The highest BCUT2D eigenvalue weighted by Gasteiger charge is 2.10. The lowest BCUT2D eigenvalue weighted by Gasteiger charge is -2.15. The zero-order valence-electron chi connectivity index (χ0n) is 13.1.